The molecule has 0 saturated heterocycles. The van der Waals surface area contributed by atoms with E-state index in [4.69, 9.17) is 10.5 Å². The van der Waals surface area contributed by atoms with Gasteiger partial charge in [-0.3, -0.25) is 0 Å². The molecule has 1 unspecified atom stereocenters. The van der Waals surface area contributed by atoms with Crippen molar-refractivity contribution in [2.45, 2.75) is 25.8 Å². The van der Waals surface area contributed by atoms with Gasteiger partial charge in [0.2, 0.25) is 11.8 Å². The topological polar surface area (TPSA) is 73.1 Å². The van der Waals surface area contributed by atoms with Crippen LogP contribution < -0.4 is 15.8 Å². The minimum absolute atomic E-state index is 0.236. The van der Waals surface area contributed by atoms with Gasteiger partial charge in [-0.2, -0.15) is 9.97 Å². The van der Waals surface area contributed by atoms with Crippen LogP contribution in [0, 0.1) is 5.92 Å². The van der Waals surface area contributed by atoms with Crippen molar-refractivity contribution in [2.24, 2.45) is 5.92 Å². The predicted molar refractivity (Wildman–Crippen MR) is 58.8 cm³/mol. The number of hydrogen-bond donors (Lipinski definition) is 2. The number of nitrogen functional groups attached to an aromatic ring is 1. The zero-order valence-electron chi connectivity index (χ0n) is 9.03. The number of ether oxygens (including phenoxy) is 1. The SMILES string of the molecule is COc1cc(NC(C)C2CC2)nc(N)n1. The molecule has 0 amide bonds. The van der Waals surface area contributed by atoms with Crippen molar-refractivity contribution >= 4 is 11.8 Å². The fourth-order valence-electron chi connectivity index (χ4n) is 1.57. The first kappa shape index (κ1) is 10.0. The fraction of sp³-hybridized carbons (Fsp3) is 0.600. The van der Waals surface area contributed by atoms with Crippen LogP contribution >= 0.6 is 0 Å². The third kappa shape index (κ3) is 2.49. The van der Waals surface area contributed by atoms with Crippen molar-refractivity contribution in [1.82, 2.24) is 9.97 Å². The van der Waals surface area contributed by atoms with Gasteiger partial charge in [0, 0.05) is 12.1 Å². The molecule has 0 radical (unpaired) electrons. The molecule has 5 heteroatoms. The average Bonchev–Trinajstić information content (AvgIpc) is 2.99. The lowest BCUT2D eigenvalue weighted by atomic mass is 10.2. The summed E-state index contributed by atoms with van der Waals surface area (Å²) in [6.45, 7) is 2.16. The summed E-state index contributed by atoms with van der Waals surface area (Å²) in [5, 5.41) is 3.31. The van der Waals surface area contributed by atoms with Gasteiger partial charge in [0.05, 0.1) is 7.11 Å². The van der Waals surface area contributed by atoms with E-state index in [0.717, 1.165) is 11.7 Å². The summed E-state index contributed by atoms with van der Waals surface area (Å²) in [6.07, 6.45) is 2.59. The van der Waals surface area contributed by atoms with Crippen LogP contribution in [-0.4, -0.2) is 23.1 Å². The zero-order valence-corrected chi connectivity index (χ0v) is 9.03. The molecule has 2 rings (SSSR count). The summed E-state index contributed by atoms with van der Waals surface area (Å²) in [5.74, 6) is 2.23. The summed E-state index contributed by atoms with van der Waals surface area (Å²) in [7, 11) is 1.57. The predicted octanol–water partition coefficient (Wildman–Crippen LogP) is 1.28. The van der Waals surface area contributed by atoms with Crippen LogP contribution in [0.5, 0.6) is 5.88 Å². The molecule has 1 aliphatic rings. The van der Waals surface area contributed by atoms with E-state index >= 15 is 0 Å². The molecule has 0 bridgehead atoms. The normalized spacial score (nSPS) is 17.2. The highest BCUT2D eigenvalue weighted by molar-refractivity contribution is 5.43. The van der Waals surface area contributed by atoms with E-state index in [1.165, 1.54) is 12.8 Å². The second-order valence-electron chi connectivity index (χ2n) is 3.92. The Morgan fingerprint density at radius 1 is 1.53 bits per heavy atom. The van der Waals surface area contributed by atoms with Gasteiger partial charge in [-0.25, -0.2) is 0 Å². The summed E-state index contributed by atoms with van der Waals surface area (Å²) < 4.78 is 5.02. The summed E-state index contributed by atoms with van der Waals surface area (Å²) in [4.78, 5) is 8.03. The Labute approximate surface area is 89.1 Å². The minimum atomic E-state index is 0.236. The molecule has 1 aromatic rings. The molecule has 3 N–H and O–H groups in total. The summed E-state index contributed by atoms with van der Waals surface area (Å²) in [5.41, 5.74) is 5.56. The van der Waals surface area contributed by atoms with E-state index in [9.17, 15) is 0 Å². The smallest absolute Gasteiger partial charge is 0.225 e. The van der Waals surface area contributed by atoms with Gasteiger partial charge in [0.1, 0.15) is 5.82 Å². The number of nitrogens with zero attached hydrogens (tertiary/aromatic N) is 2. The maximum absolute atomic E-state index is 5.56. The third-order valence-electron chi connectivity index (χ3n) is 2.63. The van der Waals surface area contributed by atoms with Crippen LogP contribution in [0.2, 0.25) is 0 Å². The van der Waals surface area contributed by atoms with Gasteiger partial charge < -0.3 is 15.8 Å². The number of rotatable bonds is 4. The lowest BCUT2D eigenvalue weighted by molar-refractivity contribution is 0.398. The first-order chi connectivity index (χ1) is 7.19. The van der Waals surface area contributed by atoms with Gasteiger partial charge in [0.15, 0.2) is 0 Å². The van der Waals surface area contributed by atoms with Crippen LogP contribution in [0.25, 0.3) is 0 Å². The largest absolute Gasteiger partial charge is 0.481 e. The molecule has 0 aromatic carbocycles. The van der Waals surface area contributed by atoms with Crippen LogP contribution in [0.1, 0.15) is 19.8 Å². The maximum atomic E-state index is 5.56. The van der Waals surface area contributed by atoms with Crippen molar-refractivity contribution in [3.63, 3.8) is 0 Å². The highest BCUT2D eigenvalue weighted by Crippen LogP contribution is 2.33. The van der Waals surface area contributed by atoms with Crippen molar-refractivity contribution in [2.75, 3.05) is 18.2 Å². The Balaban J connectivity index is 2.08. The molecule has 82 valence electrons. The van der Waals surface area contributed by atoms with Crippen molar-refractivity contribution in [3.05, 3.63) is 6.07 Å². The van der Waals surface area contributed by atoms with Gasteiger partial charge in [0.25, 0.3) is 0 Å². The molecule has 0 aliphatic heterocycles. The number of anilines is 2. The summed E-state index contributed by atoms with van der Waals surface area (Å²) >= 11 is 0. The van der Waals surface area contributed by atoms with Crippen LogP contribution in [-0.2, 0) is 0 Å². The molecule has 1 aliphatic carbocycles. The van der Waals surface area contributed by atoms with Gasteiger partial charge in [-0.1, -0.05) is 0 Å². The van der Waals surface area contributed by atoms with Gasteiger partial charge >= 0.3 is 0 Å². The van der Waals surface area contributed by atoms with E-state index in [0.29, 0.717) is 11.9 Å². The Morgan fingerprint density at radius 3 is 2.87 bits per heavy atom. The second-order valence-corrected chi connectivity index (χ2v) is 3.92. The standard InChI is InChI=1S/C10H16N4O/c1-6(7-3-4-7)12-8-5-9(15-2)14-10(11)13-8/h5-7H,3-4H2,1-2H3,(H3,11,12,13,14). The molecule has 1 atom stereocenters. The van der Waals surface area contributed by atoms with Crippen LogP contribution in [0.4, 0.5) is 11.8 Å². The second kappa shape index (κ2) is 3.92. The lowest BCUT2D eigenvalue weighted by Crippen LogP contribution is -2.18. The zero-order chi connectivity index (χ0) is 10.8. The Kier molecular flexibility index (Phi) is 2.62. The molecule has 0 spiro atoms. The number of nitrogens with two attached hydrogens (primary N) is 1. The van der Waals surface area contributed by atoms with Gasteiger partial charge in [-0.05, 0) is 25.7 Å². The number of methoxy groups -OCH3 is 1. The van der Waals surface area contributed by atoms with Crippen molar-refractivity contribution in [3.8, 4) is 5.88 Å². The van der Waals surface area contributed by atoms with E-state index in [1.54, 1.807) is 13.2 Å². The Morgan fingerprint density at radius 2 is 2.27 bits per heavy atom. The molecular weight excluding hydrogens is 192 g/mol. The van der Waals surface area contributed by atoms with E-state index in [2.05, 4.69) is 22.2 Å². The highest BCUT2D eigenvalue weighted by Gasteiger charge is 2.28. The lowest BCUT2D eigenvalue weighted by Gasteiger charge is -2.13. The van der Waals surface area contributed by atoms with E-state index in [1.807, 2.05) is 0 Å². The fourth-order valence-corrected chi connectivity index (χ4v) is 1.57. The summed E-state index contributed by atoms with van der Waals surface area (Å²) in [6, 6.07) is 2.19. The first-order valence-electron chi connectivity index (χ1n) is 5.14. The maximum Gasteiger partial charge on any atom is 0.225 e. The molecule has 1 aromatic heterocycles. The third-order valence-corrected chi connectivity index (χ3v) is 2.63. The average molecular weight is 208 g/mol. The van der Waals surface area contributed by atoms with E-state index in [-0.39, 0.29) is 5.95 Å². The molecule has 1 fully saturated rings. The number of nitrogens with one attached hydrogen (secondary N) is 1. The van der Waals surface area contributed by atoms with Crippen LogP contribution in [0.15, 0.2) is 6.07 Å². The number of aromatic nitrogens is 2. The minimum Gasteiger partial charge on any atom is -0.481 e. The molecule has 15 heavy (non-hydrogen) atoms. The molecular formula is C10H16N4O. The molecule has 1 saturated carbocycles. The molecule has 1 heterocycles. The van der Waals surface area contributed by atoms with E-state index < -0.39 is 0 Å². The van der Waals surface area contributed by atoms with Crippen molar-refractivity contribution in [1.29, 1.82) is 0 Å². The molecule has 5 nitrogen and oxygen atoms in total. The first-order valence-corrected chi connectivity index (χ1v) is 5.14. The highest BCUT2D eigenvalue weighted by atomic mass is 16.5. The quantitative estimate of drug-likeness (QED) is 0.779. The number of hydrogen-bond acceptors (Lipinski definition) is 5. The monoisotopic (exact) mass is 208 g/mol. The Bertz CT molecular complexity index is 351. The van der Waals surface area contributed by atoms with Crippen LogP contribution in [0.3, 0.4) is 0 Å². The van der Waals surface area contributed by atoms with Crippen molar-refractivity contribution < 1.29 is 4.74 Å². The Hall–Kier alpha value is -1.52. The van der Waals surface area contributed by atoms with Gasteiger partial charge in [-0.15, -0.1) is 0 Å².